The molecule has 0 aromatic rings. The van der Waals surface area contributed by atoms with Crippen LogP contribution in [0.15, 0.2) is 0 Å². The Morgan fingerprint density at radius 1 is 1.29 bits per heavy atom. The number of hydrogen-bond donors (Lipinski definition) is 2. The van der Waals surface area contributed by atoms with E-state index in [0.717, 1.165) is 0 Å². The van der Waals surface area contributed by atoms with E-state index in [1.807, 2.05) is 18.0 Å². The Morgan fingerprint density at radius 2 is 1.86 bits per heavy atom. The predicted octanol–water partition coefficient (Wildman–Crippen LogP) is -1.57. The molecule has 0 spiro atoms. The number of halogens is 1. The summed E-state index contributed by atoms with van der Waals surface area (Å²) in [6.07, 6.45) is 0. The van der Waals surface area contributed by atoms with Gasteiger partial charge in [0.25, 0.3) is 22.6 Å². The van der Waals surface area contributed by atoms with Gasteiger partial charge in [-0.25, -0.2) is 0 Å². The van der Waals surface area contributed by atoms with Crippen LogP contribution in [0, 0.1) is 0 Å². The zero-order chi connectivity index (χ0) is 5.11. The summed E-state index contributed by atoms with van der Waals surface area (Å²) >= 11 is 2.13. The smallest absolute Gasteiger partial charge is 0.296 e. The quantitative estimate of drug-likeness (QED) is 0.283. The molecule has 3 radical (unpaired) electrons. The zero-order valence-corrected chi connectivity index (χ0v) is 5.71. The van der Waals surface area contributed by atoms with E-state index in [2.05, 4.69) is 33.1 Å². The molecule has 1 rings (SSSR count). The highest BCUT2D eigenvalue weighted by atomic mass is 127. The number of rotatable bonds is 0. The fraction of sp³-hybridized carbons (Fsp3) is 0. The first-order valence-electron chi connectivity index (χ1n) is 1.84. The van der Waals surface area contributed by atoms with Crippen molar-refractivity contribution in [2.75, 3.05) is 0 Å². The van der Waals surface area contributed by atoms with Gasteiger partial charge in [0.2, 0.25) is 0 Å². The van der Waals surface area contributed by atoms with E-state index in [-0.39, 0.29) is 0 Å². The molecule has 0 unspecified atom stereocenters. The fourth-order valence-corrected chi connectivity index (χ4v) is 0.624. The van der Waals surface area contributed by atoms with Gasteiger partial charge >= 0.3 is 0 Å². The van der Waals surface area contributed by atoms with Gasteiger partial charge in [-0.1, -0.05) is 0 Å². The molecule has 0 saturated carbocycles. The van der Waals surface area contributed by atoms with Crippen molar-refractivity contribution >= 4 is 45.5 Å². The van der Waals surface area contributed by atoms with Crippen LogP contribution in [0.2, 0.25) is 0 Å². The molecule has 0 bridgehead atoms. The lowest BCUT2D eigenvalue weighted by atomic mass is 9.85. The van der Waals surface area contributed by atoms with E-state index in [1.54, 1.807) is 7.55 Å². The second kappa shape index (κ2) is 2.96. The molecular weight excluding hydrogens is 201 g/mol. The second-order valence-electron chi connectivity index (χ2n) is 1.08. The summed E-state index contributed by atoms with van der Waals surface area (Å²) < 4.78 is 1.86. The van der Waals surface area contributed by atoms with Gasteiger partial charge in [-0.05, 0) is 22.9 Å². The van der Waals surface area contributed by atoms with Gasteiger partial charge in [0, 0.05) is 0 Å². The molecule has 1 heterocycles. The van der Waals surface area contributed by atoms with Crippen LogP contribution in [0.3, 0.4) is 0 Å². The Bertz CT molecular complexity index is 52.1. The second-order valence-corrected chi connectivity index (χ2v) is 2.19. The number of nitrogens with one attached hydrogen (secondary N) is 2. The molecule has 0 aliphatic carbocycles. The molecule has 1 saturated heterocycles. The Balaban J connectivity index is 2.12. The highest BCUT2D eigenvalue weighted by Gasteiger charge is 2.09. The monoisotopic (exact) mass is 204 g/mol. The van der Waals surface area contributed by atoms with E-state index in [9.17, 15) is 0 Å². The Labute approximate surface area is 58.9 Å². The Morgan fingerprint density at radius 3 is 2.14 bits per heavy atom. The average molecular weight is 203 g/mol. The van der Waals surface area contributed by atoms with Crippen LogP contribution in [-0.2, 0) is 0 Å². The van der Waals surface area contributed by atoms with Gasteiger partial charge in [-0.15, -0.1) is 0 Å². The molecule has 7 heavy (non-hydrogen) atoms. The minimum absolute atomic E-state index is 1.75. The largest absolute Gasteiger partial charge is 0.378 e. The Hall–Kier alpha value is 0.805. The lowest BCUT2D eigenvalue weighted by molar-refractivity contribution is 1.11. The van der Waals surface area contributed by atoms with Crippen molar-refractivity contribution in [2.45, 2.75) is 0 Å². The fourth-order valence-electron chi connectivity index (χ4n) is 0.302. The number of nitrogens with zero attached hydrogens (tertiary/aromatic N) is 1. The Kier molecular flexibility index (Phi) is 2.51. The average Bonchev–Trinajstić information content (AvgIpc) is 1.69. The maximum absolute atomic E-state index is 2.86. The third-order valence-electron chi connectivity index (χ3n) is 0.562. The highest BCUT2D eigenvalue weighted by Crippen LogP contribution is 1.88. The third kappa shape index (κ3) is 2.03. The van der Waals surface area contributed by atoms with Crippen molar-refractivity contribution in [1.82, 2.24) is 13.2 Å². The molecule has 1 aliphatic heterocycles. The van der Waals surface area contributed by atoms with Crippen molar-refractivity contribution in [3.05, 3.63) is 0 Å². The lowest BCUT2D eigenvalue weighted by Crippen LogP contribution is -2.53. The summed E-state index contributed by atoms with van der Waals surface area (Å²) in [6.45, 7) is 0. The first-order chi connectivity index (χ1) is 3.39. The summed E-state index contributed by atoms with van der Waals surface area (Å²) in [6, 6.07) is 0. The SMILES string of the molecule is IN1[B]N[B]N[B]1. The minimum atomic E-state index is 1.75. The maximum Gasteiger partial charge on any atom is 0.296 e. The molecule has 1 fully saturated rings. The van der Waals surface area contributed by atoms with E-state index in [4.69, 9.17) is 0 Å². The predicted molar refractivity (Wildman–Crippen MR) is 39.4 cm³/mol. The van der Waals surface area contributed by atoms with Gasteiger partial charge < -0.3 is 13.2 Å². The van der Waals surface area contributed by atoms with Crippen LogP contribution in [-0.4, -0.2) is 25.6 Å². The van der Waals surface area contributed by atoms with Crippen molar-refractivity contribution in [2.24, 2.45) is 0 Å². The van der Waals surface area contributed by atoms with Crippen molar-refractivity contribution in [3.8, 4) is 0 Å². The van der Waals surface area contributed by atoms with Crippen LogP contribution in [0.5, 0.6) is 0 Å². The first kappa shape index (κ1) is 5.93. The first-order valence-corrected chi connectivity index (χ1v) is 2.80. The summed E-state index contributed by atoms with van der Waals surface area (Å²) in [7, 11) is 5.41. The van der Waals surface area contributed by atoms with Crippen LogP contribution >= 0.6 is 22.9 Å². The molecule has 0 atom stereocenters. The molecule has 7 heteroatoms. The van der Waals surface area contributed by atoms with Gasteiger partial charge in [-0.2, -0.15) is 0 Å². The van der Waals surface area contributed by atoms with Crippen molar-refractivity contribution in [1.29, 1.82) is 0 Å². The summed E-state index contributed by atoms with van der Waals surface area (Å²) in [4.78, 5) is 0. The molecule has 3 nitrogen and oxygen atoms in total. The van der Waals surface area contributed by atoms with E-state index >= 15 is 0 Å². The van der Waals surface area contributed by atoms with Gasteiger partial charge in [0.1, 0.15) is 0 Å². The van der Waals surface area contributed by atoms with E-state index < -0.39 is 0 Å². The molecule has 33 valence electrons. The van der Waals surface area contributed by atoms with E-state index in [0.29, 0.717) is 0 Å². The van der Waals surface area contributed by atoms with Crippen LogP contribution in [0.4, 0.5) is 0 Å². The number of hydrogen-bond acceptors (Lipinski definition) is 3. The summed E-state index contributed by atoms with van der Waals surface area (Å²) in [5, 5.41) is 5.72. The molecule has 1 aliphatic rings. The van der Waals surface area contributed by atoms with Gasteiger partial charge in [0.05, 0.1) is 0 Å². The van der Waals surface area contributed by atoms with Gasteiger partial charge in [0.15, 0.2) is 0 Å². The van der Waals surface area contributed by atoms with E-state index in [1.165, 1.54) is 0 Å². The topological polar surface area (TPSA) is 27.3 Å². The maximum atomic E-state index is 2.86. The third-order valence-corrected chi connectivity index (χ3v) is 1.12. The van der Waals surface area contributed by atoms with Crippen molar-refractivity contribution < 1.29 is 0 Å². The lowest BCUT2D eigenvalue weighted by Gasteiger charge is -2.16. The van der Waals surface area contributed by atoms with Gasteiger partial charge in [-0.3, -0.25) is 0 Å². The standard InChI is InChI=1S/B3H2IN3/c4-7-2-5-1-6-3-7/h5-6H. The molecule has 2 N–H and O–H groups in total. The summed E-state index contributed by atoms with van der Waals surface area (Å²) in [5.41, 5.74) is 0. The van der Waals surface area contributed by atoms with Crippen LogP contribution in [0.1, 0.15) is 0 Å². The molecule has 0 amide bonds. The van der Waals surface area contributed by atoms with Crippen LogP contribution < -0.4 is 10.3 Å². The van der Waals surface area contributed by atoms with Crippen molar-refractivity contribution in [3.63, 3.8) is 0 Å². The normalized spacial score (nSPS) is 21.9. The molecule has 0 aromatic carbocycles. The minimum Gasteiger partial charge on any atom is -0.378 e. The summed E-state index contributed by atoms with van der Waals surface area (Å²) in [5.74, 6) is 0. The zero-order valence-electron chi connectivity index (χ0n) is 3.56. The molecular formula is H2B3IN3. The molecule has 0 aromatic heterocycles. The highest BCUT2D eigenvalue weighted by molar-refractivity contribution is 14.1. The van der Waals surface area contributed by atoms with Crippen LogP contribution in [0.25, 0.3) is 0 Å².